The minimum atomic E-state index is -0.568. The van der Waals surface area contributed by atoms with Gasteiger partial charge in [0.2, 0.25) is 5.91 Å². The highest BCUT2D eigenvalue weighted by Gasteiger charge is 2.16. The van der Waals surface area contributed by atoms with E-state index in [4.69, 9.17) is 9.15 Å². The SMILES string of the molecule is CCOc1cc2occ(-c3ccc(F)cc3)c2cc1/C(C)=C/C(=O)Nc1ncc([N+](=O)[O-])s1. The third-order valence-corrected chi connectivity index (χ3v) is 5.67. The lowest BCUT2D eigenvalue weighted by atomic mass is 9.99. The molecule has 2 aromatic carbocycles. The predicted octanol–water partition coefficient (Wildman–Crippen LogP) is 6.04. The summed E-state index contributed by atoms with van der Waals surface area (Å²) in [5.41, 5.74) is 3.44. The van der Waals surface area contributed by atoms with Crippen molar-refractivity contribution in [3.8, 4) is 16.9 Å². The molecule has 4 aromatic rings. The van der Waals surface area contributed by atoms with Gasteiger partial charge in [0.05, 0.1) is 17.8 Å². The van der Waals surface area contributed by atoms with Crippen LogP contribution in [-0.2, 0) is 4.79 Å². The number of nitrogens with one attached hydrogen (secondary N) is 1. The molecule has 0 bridgehead atoms. The summed E-state index contributed by atoms with van der Waals surface area (Å²) in [5, 5.41) is 14.1. The molecule has 1 N–H and O–H groups in total. The first-order valence-electron chi connectivity index (χ1n) is 9.89. The number of rotatable bonds is 7. The summed E-state index contributed by atoms with van der Waals surface area (Å²) >= 11 is 0.772. The molecule has 168 valence electrons. The minimum Gasteiger partial charge on any atom is -0.493 e. The number of hydrogen-bond donors (Lipinski definition) is 1. The van der Waals surface area contributed by atoms with Crippen LogP contribution in [0.5, 0.6) is 5.75 Å². The summed E-state index contributed by atoms with van der Waals surface area (Å²) in [6.45, 7) is 4.01. The Morgan fingerprint density at radius 2 is 2.09 bits per heavy atom. The zero-order chi connectivity index (χ0) is 23.5. The van der Waals surface area contributed by atoms with E-state index in [2.05, 4.69) is 10.3 Å². The van der Waals surface area contributed by atoms with Crippen molar-refractivity contribution in [2.75, 3.05) is 11.9 Å². The smallest absolute Gasteiger partial charge is 0.345 e. The molecule has 2 heterocycles. The van der Waals surface area contributed by atoms with E-state index in [9.17, 15) is 19.3 Å². The fourth-order valence-corrected chi connectivity index (χ4v) is 3.95. The molecule has 0 spiro atoms. The molecule has 0 fully saturated rings. The number of halogens is 1. The monoisotopic (exact) mass is 467 g/mol. The summed E-state index contributed by atoms with van der Waals surface area (Å²) in [5.74, 6) is -0.275. The normalized spacial score (nSPS) is 11.5. The van der Waals surface area contributed by atoms with Crippen molar-refractivity contribution in [2.24, 2.45) is 0 Å². The Bertz CT molecular complexity index is 1370. The van der Waals surface area contributed by atoms with Crippen LogP contribution in [0.3, 0.4) is 0 Å². The van der Waals surface area contributed by atoms with Gasteiger partial charge in [-0.15, -0.1) is 0 Å². The van der Waals surface area contributed by atoms with E-state index < -0.39 is 10.8 Å². The van der Waals surface area contributed by atoms with Crippen molar-refractivity contribution >= 4 is 43.9 Å². The molecule has 4 rings (SSSR count). The second-order valence-electron chi connectivity index (χ2n) is 7.01. The van der Waals surface area contributed by atoms with Crippen LogP contribution < -0.4 is 10.1 Å². The van der Waals surface area contributed by atoms with Crippen molar-refractivity contribution in [1.82, 2.24) is 4.98 Å². The number of furan rings is 1. The summed E-state index contributed by atoms with van der Waals surface area (Å²) < 4.78 is 24.8. The van der Waals surface area contributed by atoms with Gasteiger partial charge in [-0.05, 0) is 54.5 Å². The second kappa shape index (κ2) is 9.21. The lowest BCUT2D eigenvalue weighted by Crippen LogP contribution is -2.08. The maximum atomic E-state index is 13.3. The first-order valence-corrected chi connectivity index (χ1v) is 10.7. The Balaban J connectivity index is 1.69. The number of benzene rings is 2. The number of amides is 1. The van der Waals surface area contributed by atoms with Gasteiger partial charge in [-0.25, -0.2) is 9.37 Å². The highest BCUT2D eigenvalue weighted by molar-refractivity contribution is 7.18. The Kier molecular flexibility index (Phi) is 6.18. The Hall–Kier alpha value is -4.05. The maximum absolute atomic E-state index is 13.3. The largest absolute Gasteiger partial charge is 0.493 e. The molecule has 0 aliphatic carbocycles. The van der Waals surface area contributed by atoms with Crippen LogP contribution in [0.4, 0.5) is 14.5 Å². The average Bonchev–Trinajstić information content (AvgIpc) is 3.41. The van der Waals surface area contributed by atoms with Gasteiger partial charge in [0.25, 0.3) is 0 Å². The molecular weight excluding hydrogens is 449 g/mol. The fraction of sp³-hybridized carbons (Fsp3) is 0.130. The average molecular weight is 467 g/mol. The van der Waals surface area contributed by atoms with Crippen LogP contribution in [0.1, 0.15) is 19.4 Å². The Labute approximate surface area is 191 Å². The minimum absolute atomic E-state index is 0.129. The lowest BCUT2D eigenvalue weighted by molar-refractivity contribution is -0.380. The van der Waals surface area contributed by atoms with E-state index in [0.29, 0.717) is 29.1 Å². The zero-order valence-corrected chi connectivity index (χ0v) is 18.4. The molecule has 0 unspecified atom stereocenters. The van der Waals surface area contributed by atoms with Crippen molar-refractivity contribution in [3.63, 3.8) is 0 Å². The van der Waals surface area contributed by atoms with Gasteiger partial charge in [0.15, 0.2) is 5.13 Å². The van der Waals surface area contributed by atoms with Gasteiger partial charge in [-0.1, -0.05) is 12.1 Å². The Morgan fingerprint density at radius 3 is 2.76 bits per heavy atom. The number of fused-ring (bicyclic) bond motifs is 1. The highest BCUT2D eigenvalue weighted by atomic mass is 32.1. The van der Waals surface area contributed by atoms with E-state index >= 15 is 0 Å². The Morgan fingerprint density at radius 1 is 1.33 bits per heavy atom. The van der Waals surface area contributed by atoms with E-state index in [1.54, 1.807) is 31.4 Å². The number of nitro groups is 1. The quantitative estimate of drug-likeness (QED) is 0.202. The molecule has 8 nitrogen and oxygen atoms in total. The summed E-state index contributed by atoms with van der Waals surface area (Å²) in [7, 11) is 0. The highest BCUT2D eigenvalue weighted by Crippen LogP contribution is 2.37. The van der Waals surface area contributed by atoms with Gasteiger partial charge in [-0.2, -0.15) is 0 Å². The zero-order valence-electron chi connectivity index (χ0n) is 17.6. The van der Waals surface area contributed by atoms with Crippen LogP contribution in [0.2, 0.25) is 0 Å². The number of aromatic nitrogens is 1. The van der Waals surface area contributed by atoms with Gasteiger partial charge >= 0.3 is 5.00 Å². The lowest BCUT2D eigenvalue weighted by Gasteiger charge is -2.11. The topological polar surface area (TPSA) is 108 Å². The number of allylic oxidation sites excluding steroid dienone is 1. The number of ether oxygens (including phenoxy) is 1. The van der Waals surface area contributed by atoms with Crippen LogP contribution in [0.15, 0.2) is 59.4 Å². The number of carbonyl (C=O) groups is 1. The van der Waals surface area contributed by atoms with Crippen LogP contribution >= 0.6 is 11.3 Å². The molecular formula is C23H18FN3O5S. The van der Waals surface area contributed by atoms with Crippen LogP contribution in [0.25, 0.3) is 27.7 Å². The predicted molar refractivity (Wildman–Crippen MR) is 124 cm³/mol. The number of nitrogens with zero attached hydrogens (tertiary/aromatic N) is 2. The first-order chi connectivity index (χ1) is 15.9. The van der Waals surface area contributed by atoms with Gasteiger partial charge in [-0.3, -0.25) is 20.2 Å². The van der Waals surface area contributed by atoms with Gasteiger partial charge < -0.3 is 9.15 Å². The fourth-order valence-electron chi connectivity index (χ4n) is 3.31. The van der Waals surface area contributed by atoms with E-state index in [0.717, 1.165) is 34.0 Å². The summed E-state index contributed by atoms with van der Waals surface area (Å²) in [6.07, 6.45) is 4.06. The summed E-state index contributed by atoms with van der Waals surface area (Å²) in [6, 6.07) is 9.69. The van der Waals surface area contributed by atoms with Gasteiger partial charge in [0.1, 0.15) is 23.3 Å². The molecule has 0 atom stereocenters. The molecule has 0 aliphatic heterocycles. The molecule has 0 aliphatic rings. The van der Waals surface area contributed by atoms with Crippen molar-refractivity contribution in [1.29, 1.82) is 0 Å². The molecule has 33 heavy (non-hydrogen) atoms. The number of thiazole rings is 1. The third-order valence-electron chi connectivity index (χ3n) is 4.81. The van der Waals surface area contributed by atoms with Gasteiger partial charge in [0, 0.05) is 28.7 Å². The number of carbonyl (C=O) groups excluding carboxylic acids is 1. The molecule has 0 saturated heterocycles. The molecule has 2 aromatic heterocycles. The van der Waals surface area contributed by atoms with E-state index in [-0.39, 0.29) is 15.9 Å². The van der Waals surface area contributed by atoms with Crippen LogP contribution in [-0.4, -0.2) is 22.4 Å². The van der Waals surface area contributed by atoms with Crippen molar-refractivity contribution in [2.45, 2.75) is 13.8 Å². The molecule has 1 amide bonds. The second-order valence-corrected chi connectivity index (χ2v) is 8.02. The van der Waals surface area contributed by atoms with Crippen molar-refractivity contribution in [3.05, 3.63) is 76.4 Å². The molecule has 0 radical (unpaired) electrons. The van der Waals surface area contributed by atoms with E-state index in [1.165, 1.54) is 18.2 Å². The van der Waals surface area contributed by atoms with Crippen LogP contribution in [0, 0.1) is 15.9 Å². The first kappa shape index (κ1) is 22.2. The maximum Gasteiger partial charge on any atom is 0.345 e. The summed E-state index contributed by atoms with van der Waals surface area (Å²) in [4.78, 5) is 26.6. The van der Waals surface area contributed by atoms with Crippen molar-refractivity contribution < 1.29 is 23.3 Å². The third kappa shape index (κ3) is 4.75. The molecule has 0 saturated carbocycles. The van der Waals surface area contributed by atoms with E-state index in [1.807, 2.05) is 13.0 Å². The molecule has 10 heteroatoms. The number of hydrogen-bond acceptors (Lipinski definition) is 7. The number of anilines is 1. The standard InChI is InChI=1S/C23H18FN3O5S/c1-3-31-19-10-20-17(18(12-32-20)14-4-6-15(24)7-5-14)9-16(19)13(2)8-21(28)26-23-25-11-22(33-23)27(29)30/h4-12H,3H2,1-2H3,(H,25,26,28)/b13-8+.